The number of hydrogen-bond acceptors (Lipinski definition) is 3. The van der Waals surface area contributed by atoms with Gasteiger partial charge in [0.05, 0.1) is 18.4 Å². The van der Waals surface area contributed by atoms with E-state index in [0.717, 1.165) is 21.2 Å². The smallest absolute Gasteiger partial charge is 0.257 e. The zero-order valence-corrected chi connectivity index (χ0v) is 15.5. The van der Waals surface area contributed by atoms with Crippen molar-refractivity contribution in [3.63, 3.8) is 0 Å². The lowest BCUT2D eigenvalue weighted by atomic mass is 10.1. The lowest BCUT2D eigenvalue weighted by Gasteiger charge is -2.14. The molecule has 1 heterocycles. The summed E-state index contributed by atoms with van der Waals surface area (Å²) in [5.74, 6) is 0.376. The van der Waals surface area contributed by atoms with Crippen molar-refractivity contribution in [3.05, 3.63) is 76.5 Å². The van der Waals surface area contributed by atoms with E-state index in [4.69, 9.17) is 4.74 Å². The Hall–Kier alpha value is -2.66. The second-order valence-electron chi connectivity index (χ2n) is 5.58. The summed E-state index contributed by atoms with van der Waals surface area (Å²) in [5.41, 5.74) is 3.97. The zero-order valence-electron chi connectivity index (χ0n) is 13.9. The number of aromatic nitrogens is 1. The molecule has 126 valence electrons. The summed E-state index contributed by atoms with van der Waals surface area (Å²) < 4.78 is 6.27. The van der Waals surface area contributed by atoms with Crippen LogP contribution in [0, 0.1) is 6.92 Å². The number of amides is 1. The molecule has 0 radical (unpaired) electrons. The SMILES string of the molecule is COc1cc(Br)cc(C)c1NC(=O)c1cncc(-c2ccccc2)c1. The molecule has 0 spiro atoms. The van der Waals surface area contributed by atoms with Crippen molar-refractivity contribution in [3.8, 4) is 16.9 Å². The van der Waals surface area contributed by atoms with Gasteiger partial charge in [0, 0.05) is 22.4 Å². The lowest BCUT2D eigenvalue weighted by Crippen LogP contribution is -2.14. The average molecular weight is 397 g/mol. The van der Waals surface area contributed by atoms with E-state index in [1.807, 2.05) is 55.5 Å². The summed E-state index contributed by atoms with van der Waals surface area (Å²) in [4.78, 5) is 16.9. The lowest BCUT2D eigenvalue weighted by molar-refractivity contribution is 0.102. The molecule has 4 nitrogen and oxygen atoms in total. The number of halogens is 1. The standard InChI is InChI=1S/C20H17BrN2O2/c1-13-8-17(21)10-18(25-2)19(13)23-20(24)16-9-15(11-22-12-16)14-6-4-3-5-7-14/h3-12H,1-2H3,(H,23,24). The zero-order chi connectivity index (χ0) is 17.8. The van der Waals surface area contributed by atoms with Gasteiger partial charge >= 0.3 is 0 Å². The molecule has 0 atom stereocenters. The van der Waals surface area contributed by atoms with Crippen LogP contribution in [-0.4, -0.2) is 18.0 Å². The highest BCUT2D eigenvalue weighted by atomic mass is 79.9. The summed E-state index contributed by atoms with van der Waals surface area (Å²) in [5, 5.41) is 2.93. The van der Waals surface area contributed by atoms with Crippen molar-refractivity contribution in [2.45, 2.75) is 6.92 Å². The maximum atomic E-state index is 12.7. The molecular formula is C20H17BrN2O2. The number of benzene rings is 2. The van der Waals surface area contributed by atoms with Gasteiger partial charge in [0.1, 0.15) is 5.75 Å². The molecule has 0 saturated heterocycles. The Bertz CT molecular complexity index is 911. The number of aryl methyl sites for hydroxylation is 1. The van der Waals surface area contributed by atoms with Crippen LogP contribution in [0.3, 0.4) is 0 Å². The van der Waals surface area contributed by atoms with Gasteiger partial charge < -0.3 is 10.1 Å². The van der Waals surface area contributed by atoms with E-state index in [1.54, 1.807) is 19.5 Å². The Morgan fingerprint density at radius 2 is 1.84 bits per heavy atom. The van der Waals surface area contributed by atoms with E-state index in [1.165, 1.54) is 0 Å². The molecule has 5 heteroatoms. The van der Waals surface area contributed by atoms with E-state index in [-0.39, 0.29) is 5.91 Å². The van der Waals surface area contributed by atoms with Gasteiger partial charge in [-0.1, -0.05) is 46.3 Å². The average Bonchev–Trinajstić information content (AvgIpc) is 2.64. The topological polar surface area (TPSA) is 51.2 Å². The molecule has 0 bridgehead atoms. The number of rotatable bonds is 4. The second kappa shape index (κ2) is 7.49. The maximum Gasteiger partial charge on any atom is 0.257 e. The maximum absolute atomic E-state index is 12.7. The molecule has 1 amide bonds. The molecule has 0 unspecified atom stereocenters. The fourth-order valence-corrected chi connectivity index (χ4v) is 3.12. The van der Waals surface area contributed by atoms with Crippen LogP contribution in [0.15, 0.2) is 65.4 Å². The van der Waals surface area contributed by atoms with Crippen molar-refractivity contribution in [2.75, 3.05) is 12.4 Å². The van der Waals surface area contributed by atoms with E-state index in [2.05, 4.69) is 26.2 Å². The van der Waals surface area contributed by atoms with Crippen LogP contribution in [0.25, 0.3) is 11.1 Å². The Labute approximate surface area is 155 Å². The third kappa shape index (κ3) is 3.88. The molecule has 3 rings (SSSR count). The number of hydrogen-bond donors (Lipinski definition) is 1. The fourth-order valence-electron chi connectivity index (χ4n) is 2.57. The second-order valence-corrected chi connectivity index (χ2v) is 6.50. The van der Waals surface area contributed by atoms with Crippen LogP contribution in [0.5, 0.6) is 5.75 Å². The first-order valence-electron chi connectivity index (χ1n) is 7.74. The highest BCUT2D eigenvalue weighted by Gasteiger charge is 2.14. The molecule has 0 aliphatic carbocycles. The Balaban J connectivity index is 1.90. The molecule has 1 aromatic heterocycles. The third-order valence-corrected chi connectivity index (χ3v) is 4.29. The van der Waals surface area contributed by atoms with Crippen molar-refractivity contribution in [2.24, 2.45) is 0 Å². The Morgan fingerprint density at radius 3 is 2.56 bits per heavy atom. The number of pyridine rings is 1. The molecule has 2 aromatic carbocycles. The Kier molecular flexibility index (Phi) is 5.14. The number of anilines is 1. The van der Waals surface area contributed by atoms with Crippen molar-refractivity contribution >= 4 is 27.5 Å². The summed E-state index contributed by atoms with van der Waals surface area (Å²) in [6.07, 6.45) is 3.31. The minimum Gasteiger partial charge on any atom is -0.495 e. The van der Waals surface area contributed by atoms with E-state index >= 15 is 0 Å². The van der Waals surface area contributed by atoms with Gasteiger partial charge in [0.25, 0.3) is 5.91 Å². The van der Waals surface area contributed by atoms with Crippen molar-refractivity contribution < 1.29 is 9.53 Å². The summed E-state index contributed by atoms with van der Waals surface area (Å²) >= 11 is 3.43. The number of nitrogens with zero attached hydrogens (tertiary/aromatic N) is 1. The van der Waals surface area contributed by atoms with Crippen LogP contribution in [0.2, 0.25) is 0 Å². The highest BCUT2D eigenvalue weighted by molar-refractivity contribution is 9.10. The monoisotopic (exact) mass is 396 g/mol. The van der Waals surface area contributed by atoms with Gasteiger partial charge in [-0.25, -0.2) is 0 Å². The van der Waals surface area contributed by atoms with Crippen LogP contribution in [-0.2, 0) is 0 Å². The van der Waals surface area contributed by atoms with Crippen molar-refractivity contribution in [1.82, 2.24) is 4.98 Å². The quantitative estimate of drug-likeness (QED) is 0.668. The Morgan fingerprint density at radius 1 is 1.08 bits per heavy atom. The minimum absolute atomic E-state index is 0.228. The molecule has 0 aliphatic rings. The molecule has 1 N–H and O–H groups in total. The minimum atomic E-state index is -0.228. The first-order chi connectivity index (χ1) is 12.1. The van der Waals surface area contributed by atoms with Crippen LogP contribution >= 0.6 is 15.9 Å². The van der Waals surface area contributed by atoms with Crippen LogP contribution in [0.1, 0.15) is 15.9 Å². The number of ether oxygens (including phenoxy) is 1. The third-order valence-electron chi connectivity index (χ3n) is 3.83. The van der Waals surface area contributed by atoms with Gasteiger partial charge in [-0.2, -0.15) is 0 Å². The van der Waals surface area contributed by atoms with E-state index in [0.29, 0.717) is 17.0 Å². The highest BCUT2D eigenvalue weighted by Crippen LogP contribution is 2.32. The van der Waals surface area contributed by atoms with Gasteiger partial charge in [0.2, 0.25) is 0 Å². The first-order valence-corrected chi connectivity index (χ1v) is 8.53. The van der Waals surface area contributed by atoms with Crippen LogP contribution < -0.4 is 10.1 Å². The van der Waals surface area contributed by atoms with E-state index < -0.39 is 0 Å². The molecular weight excluding hydrogens is 380 g/mol. The number of nitrogens with one attached hydrogen (secondary N) is 1. The fraction of sp³-hybridized carbons (Fsp3) is 0.100. The van der Waals surface area contributed by atoms with E-state index in [9.17, 15) is 4.79 Å². The van der Waals surface area contributed by atoms with Crippen molar-refractivity contribution in [1.29, 1.82) is 0 Å². The van der Waals surface area contributed by atoms with Gasteiger partial charge in [-0.05, 0) is 36.2 Å². The number of methoxy groups -OCH3 is 1. The van der Waals surface area contributed by atoms with Gasteiger partial charge in [0.15, 0.2) is 0 Å². The molecule has 0 aliphatic heterocycles. The molecule has 25 heavy (non-hydrogen) atoms. The normalized spacial score (nSPS) is 10.4. The summed E-state index contributed by atoms with van der Waals surface area (Å²) in [6, 6.07) is 15.4. The van der Waals surface area contributed by atoms with Gasteiger partial charge in [-0.3, -0.25) is 9.78 Å². The molecule has 3 aromatic rings. The summed E-state index contributed by atoms with van der Waals surface area (Å²) in [7, 11) is 1.58. The predicted octanol–water partition coefficient (Wildman–Crippen LogP) is 5.08. The number of carbonyl (C=O) groups excluding carboxylic acids is 1. The van der Waals surface area contributed by atoms with Crippen LogP contribution in [0.4, 0.5) is 5.69 Å². The predicted molar refractivity (Wildman–Crippen MR) is 103 cm³/mol. The largest absolute Gasteiger partial charge is 0.495 e. The number of carbonyl (C=O) groups is 1. The summed E-state index contributed by atoms with van der Waals surface area (Å²) in [6.45, 7) is 1.92. The first kappa shape index (κ1) is 17.2. The molecule has 0 fully saturated rings. The van der Waals surface area contributed by atoms with Gasteiger partial charge in [-0.15, -0.1) is 0 Å². The molecule has 0 saturated carbocycles.